The minimum Gasteiger partial charge on any atom is -0.659 e. The van der Waals surface area contributed by atoms with Crippen LogP contribution >= 0.6 is 0 Å². The maximum atomic E-state index is 4.56. The summed E-state index contributed by atoms with van der Waals surface area (Å²) >= 11 is 0. The summed E-state index contributed by atoms with van der Waals surface area (Å²) in [7, 11) is 0. The van der Waals surface area contributed by atoms with Crippen LogP contribution in [0.1, 0.15) is 54.4 Å². The Kier molecular flexibility index (Phi) is 22.4. The van der Waals surface area contributed by atoms with Gasteiger partial charge in [-0.3, -0.25) is 0 Å². The predicted molar refractivity (Wildman–Crippen MR) is 58.8 cm³/mol. The summed E-state index contributed by atoms with van der Waals surface area (Å²) < 4.78 is 0. The quantitative estimate of drug-likeness (QED) is 0.698. The van der Waals surface area contributed by atoms with Gasteiger partial charge in [-0.2, -0.15) is 0 Å². The van der Waals surface area contributed by atoms with Gasteiger partial charge in [0.15, 0.2) is 0 Å². The van der Waals surface area contributed by atoms with Gasteiger partial charge in [0.25, 0.3) is 0 Å². The molecule has 0 bridgehead atoms. The Balaban J connectivity index is -0.000000309. The van der Waals surface area contributed by atoms with Gasteiger partial charge in [0.05, 0.1) is 0 Å². The zero-order valence-corrected chi connectivity index (χ0v) is 12.8. The molecule has 83 valence electrons. The zero-order chi connectivity index (χ0) is 9.98. The molecule has 0 saturated carbocycles. The first kappa shape index (κ1) is 19.2. The third kappa shape index (κ3) is 12.6. The monoisotopic (exact) mass is 359 g/mol. The molecule has 0 amide bonds. The number of nitrogens with zero attached hydrogens (tertiary/aromatic N) is 1. The summed E-state index contributed by atoms with van der Waals surface area (Å²) in [6.07, 6.45) is 2.38. The van der Waals surface area contributed by atoms with E-state index in [1.807, 2.05) is 13.8 Å². The summed E-state index contributed by atoms with van der Waals surface area (Å²) in [6.45, 7) is 13.9. The largest absolute Gasteiger partial charge is 0.659 e. The topological polar surface area (TPSA) is 14.1 Å². The van der Waals surface area contributed by atoms with Crippen LogP contribution in [0.2, 0.25) is 0 Å². The summed E-state index contributed by atoms with van der Waals surface area (Å²) in [4.78, 5) is 0. The summed E-state index contributed by atoms with van der Waals surface area (Å²) in [5.74, 6) is 0.719. The van der Waals surface area contributed by atoms with Crippen LogP contribution in [0, 0.1) is 5.92 Å². The average Bonchev–Trinajstić information content (AvgIpc) is 2.09. The third-order valence-electron chi connectivity index (χ3n) is 1.78. The van der Waals surface area contributed by atoms with Gasteiger partial charge in [-0.1, -0.05) is 60.3 Å². The summed E-state index contributed by atoms with van der Waals surface area (Å²) in [5.41, 5.74) is 0. The fraction of sp³-hybridized carbons (Fsp3) is 1.00. The van der Waals surface area contributed by atoms with E-state index in [0.29, 0.717) is 6.04 Å². The summed E-state index contributed by atoms with van der Waals surface area (Å²) in [5, 5.41) is 4.56. The molecule has 0 aromatic heterocycles. The molecule has 0 heterocycles. The van der Waals surface area contributed by atoms with Crippen LogP contribution in [0.25, 0.3) is 5.32 Å². The molecule has 0 aliphatic heterocycles. The van der Waals surface area contributed by atoms with Crippen molar-refractivity contribution < 1.29 is 20.4 Å². The van der Waals surface area contributed by atoms with Crippen LogP contribution in [0.15, 0.2) is 0 Å². The minimum atomic E-state index is 0. The van der Waals surface area contributed by atoms with Crippen LogP contribution < -0.4 is 0 Å². The zero-order valence-electron chi connectivity index (χ0n) is 10.1. The SMILES string of the molecule is CC.CCC[N-]C(CC)C(C)C.[Re]. The van der Waals surface area contributed by atoms with E-state index < -0.39 is 0 Å². The Morgan fingerprint density at radius 1 is 1.08 bits per heavy atom. The Labute approximate surface area is 98.7 Å². The Morgan fingerprint density at radius 3 is 1.77 bits per heavy atom. The van der Waals surface area contributed by atoms with Gasteiger partial charge in [-0.15, -0.1) is 12.6 Å². The van der Waals surface area contributed by atoms with Gasteiger partial charge in [0.1, 0.15) is 0 Å². The standard InChI is InChI=1S/C9H20N.C2H6.Re/c1-5-7-10-9(6-2)8(3)4;1-2;/h8-9H,5-7H2,1-4H3;1-2H3;/q-1;;. The van der Waals surface area contributed by atoms with Crippen molar-refractivity contribution in [1.29, 1.82) is 0 Å². The third-order valence-corrected chi connectivity index (χ3v) is 1.78. The molecule has 0 aliphatic rings. The van der Waals surface area contributed by atoms with Gasteiger partial charge >= 0.3 is 0 Å². The van der Waals surface area contributed by atoms with Gasteiger partial charge < -0.3 is 5.32 Å². The Hall–Kier alpha value is 0.622. The molecule has 1 nitrogen and oxygen atoms in total. The molecule has 0 N–H and O–H groups in total. The molecule has 0 spiro atoms. The molecule has 0 fully saturated rings. The van der Waals surface area contributed by atoms with Crippen LogP contribution in [0.4, 0.5) is 0 Å². The van der Waals surface area contributed by atoms with Crippen molar-refractivity contribution >= 4 is 0 Å². The van der Waals surface area contributed by atoms with Crippen molar-refractivity contribution in [3.05, 3.63) is 5.32 Å². The van der Waals surface area contributed by atoms with E-state index in [4.69, 9.17) is 0 Å². The van der Waals surface area contributed by atoms with Crippen molar-refractivity contribution in [3.63, 3.8) is 0 Å². The van der Waals surface area contributed by atoms with Crippen molar-refractivity contribution in [1.82, 2.24) is 0 Å². The van der Waals surface area contributed by atoms with Gasteiger partial charge in [0.2, 0.25) is 0 Å². The molecule has 0 aliphatic carbocycles. The van der Waals surface area contributed by atoms with E-state index in [-0.39, 0.29) is 20.4 Å². The normalized spacial score (nSPS) is 11.3. The molecule has 1 unspecified atom stereocenters. The summed E-state index contributed by atoms with van der Waals surface area (Å²) in [6, 6.07) is 0.597. The van der Waals surface area contributed by atoms with E-state index in [9.17, 15) is 0 Å². The van der Waals surface area contributed by atoms with Crippen LogP contribution in [-0.4, -0.2) is 12.6 Å². The first-order chi connectivity index (χ1) is 5.72. The number of hydrogen-bond acceptors (Lipinski definition) is 0. The van der Waals surface area contributed by atoms with E-state index in [2.05, 4.69) is 33.0 Å². The predicted octanol–water partition coefficient (Wildman–Crippen LogP) is 4.23. The van der Waals surface area contributed by atoms with Crippen molar-refractivity contribution in [2.24, 2.45) is 5.92 Å². The Bertz CT molecular complexity index is 74.5. The van der Waals surface area contributed by atoms with Crippen LogP contribution in [-0.2, 0) is 20.4 Å². The number of rotatable bonds is 5. The molecule has 0 rings (SSSR count). The van der Waals surface area contributed by atoms with E-state index in [0.717, 1.165) is 12.5 Å². The molecule has 2 heteroatoms. The minimum absolute atomic E-state index is 0. The van der Waals surface area contributed by atoms with E-state index in [1.165, 1.54) is 12.8 Å². The second kappa shape index (κ2) is 15.1. The van der Waals surface area contributed by atoms with Crippen molar-refractivity contribution in [2.75, 3.05) is 6.54 Å². The Morgan fingerprint density at radius 2 is 1.54 bits per heavy atom. The second-order valence-electron chi connectivity index (χ2n) is 3.13. The first-order valence-corrected chi connectivity index (χ1v) is 5.38. The fourth-order valence-electron chi connectivity index (χ4n) is 1.11. The second-order valence-corrected chi connectivity index (χ2v) is 3.13. The molecule has 0 aromatic rings. The molecule has 0 saturated heterocycles. The number of hydrogen-bond donors (Lipinski definition) is 0. The molecular weight excluding hydrogens is 332 g/mol. The van der Waals surface area contributed by atoms with Gasteiger partial charge in [0, 0.05) is 20.4 Å². The smallest absolute Gasteiger partial charge is 0 e. The van der Waals surface area contributed by atoms with E-state index in [1.54, 1.807) is 0 Å². The van der Waals surface area contributed by atoms with Crippen LogP contribution in [0.3, 0.4) is 0 Å². The van der Waals surface area contributed by atoms with Gasteiger partial charge in [-0.05, 0) is 0 Å². The van der Waals surface area contributed by atoms with E-state index >= 15 is 0 Å². The molecular formula is C11H26NRe-. The average molecular weight is 359 g/mol. The molecule has 1 atom stereocenters. The maximum Gasteiger partial charge on any atom is 0 e. The molecule has 0 aromatic carbocycles. The van der Waals surface area contributed by atoms with Crippen LogP contribution in [0.5, 0.6) is 0 Å². The van der Waals surface area contributed by atoms with Crippen molar-refractivity contribution in [2.45, 2.75) is 60.4 Å². The molecule has 13 heavy (non-hydrogen) atoms. The molecule has 1 radical (unpaired) electrons. The maximum absolute atomic E-state index is 4.56. The first-order valence-electron chi connectivity index (χ1n) is 5.38. The van der Waals surface area contributed by atoms with Crippen molar-refractivity contribution in [3.8, 4) is 0 Å². The van der Waals surface area contributed by atoms with Gasteiger partial charge in [-0.25, -0.2) is 0 Å². The fourth-order valence-corrected chi connectivity index (χ4v) is 1.11.